The topological polar surface area (TPSA) is 18.5 Å². The molecule has 1 aromatic carbocycles. The van der Waals surface area contributed by atoms with Crippen molar-refractivity contribution in [2.75, 3.05) is 13.7 Å². The summed E-state index contributed by atoms with van der Waals surface area (Å²) >= 11 is 2.24. The second-order valence-electron chi connectivity index (χ2n) is 3.29. The number of methoxy groups -OCH3 is 1. The van der Waals surface area contributed by atoms with Crippen molar-refractivity contribution in [3.63, 3.8) is 0 Å². The number of allylic oxidation sites excluding steroid dienone is 1. The summed E-state index contributed by atoms with van der Waals surface area (Å²) in [5, 5.41) is 0. The second-order valence-corrected chi connectivity index (χ2v) is 4.45. The minimum absolute atomic E-state index is 0.687. The molecular weight excluding hydrogens is 315 g/mol. The molecule has 0 aromatic heterocycles. The molecule has 2 nitrogen and oxygen atoms in total. The third kappa shape index (κ3) is 4.04. The molecule has 0 saturated carbocycles. The fraction of sp³-hybridized carbons (Fsp3) is 0.385. The van der Waals surface area contributed by atoms with E-state index in [1.807, 2.05) is 18.2 Å². The summed E-state index contributed by atoms with van der Waals surface area (Å²) < 4.78 is 12.0. The molecule has 0 aliphatic rings. The molecule has 3 heteroatoms. The molecule has 1 rings (SSSR count). The standard InChI is InChI=1S/C13H17IO2/c1-3-4-5-6-10-16-12-9-7-8-11(14)13(12)15-2/h4-5,7-9H,3,6,10H2,1-2H3. The minimum atomic E-state index is 0.687. The first kappa shape index (κ1) is 13.4. The minimum Gasteiger partial charge on any atom is -0.492 e. The maximum Gasteiger partial charge on any atom is 0.174 e. The van der Waals surface area contributed by atoms with Crippen molar-refractivity contribution in [2.24, 2.45) is 0 Å². The predicted molar refractivity (Wildman–Crippen MR) is 75.3 cm³/mol. The van der Waals surface area contributed by atoms with Crippen LogP contribution < -0.4 is 9.47 Å². The average molecular weight is 332 g/mol. The van der Waals surface area contributed by atoms with Gasteiger partial charge in [-0.05, 0) is 47.6 Å². The van der Waals surface area contributed by atoms with Crippen LogP contribution >= 0.6 is 22.6 Å². The van der Waals surface area contributed by atoms with Gasteiger partial charge in [0, 0.05) is 0 Å². The molecule has 0 heterocycles. The van der Waals surface area contributed by atoms with E-state index < -0.39 is 0 Å². The van der Waals surface area contributed by atoms with E-state index in [0.29, 0.717) is 6.61 Å². The van der Waals surface area contributed by atoms with Gasteiger partial charge in [0.25, 0.3) is 0 Å². The van der Waals surface area contributed by atoms with Crippen molar-refractivity contribution in [3.8, 4) is 11.5 Å². The first-order chi connectivity index (χ1) is 7.79. The Morgan fingerprint density at radius 3 is 2.81 bits per heavy atom. The summed E-state index contributed by atoms with van der Waals surface area (Å²) in [6, 6.07) is 5.91. The normalized spacial score (nSPS) is 10.7. The van der Waals surface area contributed by atoms with Gasteiger partial charge >= 0.3 is 0 Å². The van der Waals surface area contributed by atoms with E-state index >= 15 is 0 Å². The summed E-state index contributed by atoms with van der Waals surface area (Å²) in [6.45, 7) is 2.81. The number of rotatable bonds is 6. The smallest absolute Gasteiger partial charge is 0.174 e. The van der Waals surface area contributed by atoms with Crippen LogP contribution in [0.3, 0.4) is 0 Å². The van der Waals surface area contributed by atoms with Crippen LogP contribution in [0.5, 0.6) is 11.5 Å². The molecule has 0 saturated heterocycles. The number of para-hydroxylation sites is 1. The largest absolute Gasteiger partial charge is 0.492 e. The number of ether oxygens (including phenoxy) is 2. The van der Waals surface area contributed by atoms with Crippen molar-refractivity contribution in [3.05, 3.63) is 33.9 Å². The van der Waals surface area contributed by atoms with Gasteiger partial charge in [-0.25, -0.2) is 0 Å². The maximum absolute atomic E-state index is 5.67. The van der Waals surface area contributed by atoms with Gasteiger partial charge in [0.15, 0.2) is 11.5 Å². The Balaban J connectivity index is 2.53. The van der Waals surface area contributed by atoms with Gasteiger partial charge < -0.3 is 9.47 Å². The van der Waals surface area contributed by atoms with Crippen molar-refractivity contribution in [1.82, 2.24) is 0 Å². The first-order valence-electron chi connectivity index (χ1n) is 5.40. The second kappa shape index (κ2) is 7.54. The highest BCUT2D eigenvalue weighted by Crippen LogP contribution is 2.31. The summed E-state index contributed by atoms with van der Waals surface area (Å²) in [7, 11) is 1.67. The van der Waals surface area contributed by atoms with Gasteiger partial charge in [0.05, 0.1) is 17.3 Å². The summed E-state index contributed by atoms with van der Waals surface area (Å²) in [5.74, 6) is 1.64. The summed E-state index contributed by atoms with van der Waals surface area (Å²) in [6.07, 6.45) is 6.30. The third-order valence-corrected chi connectivity index (χ3v) is 2.93. The molecule has 0 bridgehead atoms. The van der Waals surface area contributed by atoms with Crippen molar-refractivity contribution >= 4 is 22.6 Å². The molecule has 16 heavy (non-hydrogen) atoms. The van der Waals surface area contributed by atoms with Crippen molar-refractivity contribution in [2.45, 2.75) is 19.8 Å². The quantitative estimate of drug-likeness (QED) is 0.445. The summed E-state index contributed by atoms with van der Waals surface area (Å²) in [5.41, 5.74) is 0. The van der Waals surface area contributed by atoms with Crippen LogP contribution in [0.25, 0.3) is 0 Å². The van der Waals surface area contributed by atoms with Crippen LogP contribution in [0.4, 0.5) is 0 Å². The lowest BCUT2D eigenvalue weighted by Gasteiger charge is -2.10. The van der Waals surface area contributed by atoms with Gasteiger partial charge in [-0.1, -0.05) is 25.1 Å². The van der Waals surface area contributed by atoms with E-state index in [1.54, 1.807) is 7.11 Å². The fourth-order valence-corrected chi connectivity index (χ4v) is 2.02. The van der Waals surface area contributed by atoms with Crippen molar-refractivity contribution < 1.29 is 9.47 Å². The van der Waals surface area contributed by atoms with E-state index in [1.165, 1.54) is 0 Å². The van der Waals surface area contributed by atoms with Gasteiger partial charge in [0.1, 0.15) is 0 Å². The Hall–Kier alpha value is -0.710. The molecule has 0 unspecified atom stereocenters. The maximum atomic E-state index is 5.67. The zero-order valence-corrected chi connectivity index (χ0v) is 11.9. The van der Waals surface area contributed by atoms with Crippen LogP contribution in [0.15, 0.2) is 30.4 Å². The molecule has 1 aromatic rings. The molecule has 0 aliphatic heterocycles. The zero-order valence-electron chi connectivity index (χ0n) is 9.70. The molecule has 88 valence electrons. The molecule has 0 radical (unpaired) electrons. The first-order valence-corrected chi connectivity index (χ1v) is 6.47. The molecule has 0 atom stereocenters. The summed E-state index contributed by atoms with van der Waals surface area (Å²) in [4.78, 5) is 0. The van der Waals surface area contributed by atoms with Crippen LogP contribution in [0, 0.1) is 3.57 Å². The van der Waals surface area contributed by atoms with E-state index in [2.05, 4.69) is 41.7 Å². The molecule has 0 fully saturated rings. The van der Waals surface area contributed by atoms with Gasteiger partial charge in [-0.2, -0.15) is 0 Å². The third-order valence-electron chi connectivity index (χ3n) is 2.08. The van der Waals surface area contributed by atoms with Gasteiger partial charge in [-0.3, -0.25) is 0 Å². The predicted octanol–water partition coefficient (Wildman–Crippen LogP) is 4.03. The molecule has 0 spiro atoms. The van der Waals surface area contributed by atoms with Crippen LogP contribution in [0.1, 0.15) is 19.8 Å². The van der Waals surface area contributed by atoms with Crippen molar-refractivity contribution in [1.29, 1.82) is 0 Å². The molecular formula is C13H17IO2. The Morgan fingerprint density at radius 2 is 2.12 bits per heavy atom. The SMILES string of the molecule is CCC=CCCOc1cccc(I)c1OC. The van der Waals surface area contributed by atoms with E-state index in [4.69, 9.17) is 9.47 Å². The Morgan fingerprint density at radius 1 is 1.31 bits per heavy atom. The van der Waals surface area contributed by atoms with E-state index in [9.17, 15) is 0 Å². The average Bonchev–Trinajstić information content (AvgIpc) is 2.29. The highest BCUT2D eigenvalue weighted by atomic mass is 127. The van der Waals surface area contributed by atoms with E-state index in [-0.39, 0.29) is 0 Å². The Bertz CT molecular complexity index is 348. The van der Waals surface area contributed by atoms with Crippen LogP contribution in [0.2, 0.25) is 0 Å². The van der Waals surface area contributed by atoms with Crippen LogP contribution in [-0.4, -0.2) is 13.7 Å². The van der Waals surface area contributed by atoms with E-state index in [0.717, 1.165) is 27.9 Å². The number of benzene rings is 1. The lowest BCUT2D eigenvalue weighted by Crippen LogP contribution is -1.99. The number of halogens is 1. The van der Waals surface area contributed by atoms with Gasteiger partial charge in [0.2, 0.25) is 0 Å². The fourth-order valence-electron chi connectivity index (χ4n) is 1.32. The molecule has 0 N–H and O–H groups in total. The lowest BCUT2D eigenvalue weighted by molar-refractivity contribution is 0.299. The lowest BCUT2D eigenvalue weighted by atomic mass is 10.3. The highest BCUT2D eigenvalue weighted by Gasteiger charge is 2.06. The van der Waals surface area contributed by atoms with Gasteiger partial charge in [-0.15, -0.1) is 0 Å². The Kier molecular flexibility index (Phi) is 6.30. The number of hydrogen-bond donors (Lipinski definition) is 0. The monoisotopic (exact) mass is 332 g/mol. The Labute approximate surface area is 111 Å². The molecule has 0 amide bonds. The molecule has 0 aliphatic carbocycles. The zero-order chi connectivity index (χ0) is 11.8. The highest BCUT2D eigenvalue weighted by molar-refractivity contribution is 14.1. The van der Waals surface area contributed by atoms with Crippen LogP contribution in [-0.2, 0) is 0 Å². The number of hydrogen-bond acceptors (Lipinski definition) is 2.